The molecule has 5 heteroatoms. The van der Waals surface area contributed by atoms with E-state index < -0.39 is 10.1 Å². The summed E-state index contributed by atoms with van der Waals surface area (Å²) in [4.78, 5) is 0.190. The maximum absolute atomic E-state index is 11.1. The quantitative estimate of drug-likeness (QED) is 0.762. The van der Waals surface area contributed by atoms with Crippen molar-refractivity contribution < 1.29 is 17.3 Å². The van der Waals surface area contributed by atoms with E-state index in [0.717, 1.165) is 25.9 Å². The SMILES string of the molecule is C1CCOC1.COS(=O)(=O)c1ccc(C)cc1. The minimum absolute atomic E-state index is 0.190. The van der Waals surface area contributed by atoms with E-state index in [4.69, 9.17) is 4.74 Å². The van der Waals surface area contributed by atoms with Gasteiger partial charge in [0.2, 0.25) is 0 Å². The normalized spacial score (nSPS) is 15.2. The van der Waals surface area contributed by atoms with Crippen molar-refractivity contribution >= 4 is 10.1 Å². The van der Waals surface area contributed by atoms with Gasteiger partial charge in [-0.1, -0.05) is 17.7 Å². The molecule has 0 saturated carbocycles. The minimum atomic E-state index is -3.51. The molecule has 1 aliphatic rings. The number of hydrogen-bond donors (Lipinski definition) is 0. The van der Waals surface area contributed by atoms with Crippen LogP contribution in [-0.4, -0.2) is 28.7 Å². The fourth-order valence-electron chi connectivity index (χ4n) is 1.31. The highest BCUT2D eigenvalue weighted by atomic mass is 32.2. The summed E-state index contributed by atoms with van der Waals surface area (Å²) in [7, 11) is -2.37. The molecule has 96 valence electrons. The van der Waals surface area contributed by atoms with Gasteiger partial charge in [0.15, 0.2) is 0 Å². The predicted octanol–water partition coefficient (Wildman–Crippen LogP) is 2.13. The van der Waals surface area contributed by atoms with Crippen molar-refractivity contribution in [2.45, 2.75) is 24.7 Å². The molecule has 1 fully saturated rings. The Morgan fingerprint density at radius 2 is 1.65 bits per heavy atom. The van der Waals surface area contributed by atoms with Gasteiger partial charge in [0.25, 0.3) is 10.1 Å². The van der Waals surface area contributed by atoms with Crippen LogP contribution in [0.2, 0.25) is 0 Å². The lowest BCUT2D eigenvalue weighted by Gasteiger charge is -2.00. The smallest absolute Gasteiger partial charge is 0.296 e. The highest BCUT2D eigenvalue weighted by Gasteiger charge is 2.10. The van der Waals surface area contributed by atoms with Gasteiger partial charge in [-0.25, -0.2) is 0 Å². The first kappa shape index (κ1) is 14.2. The Kier molecular flexibility index (Phi) is 5.61. The molecule has 0 atom stereocenters. The Morgan fingerprint density at radius 1 is 1.12 bits per heavy atom. The molecule has 2 rings (SSSR count). The lowest BCUT2D eigenvalue weighted by atomic mass is 10.2. The van der Waals surface area contributed by atoms with Gasteiger partial charge in [-0.2, -0.15) is 8.42 Å². The first-order valence-electron chi connectivity index (χ1n) is 5.51. The molecule has 0 aromatic heterocycles. The topological polar surface area (TPSA) is 52.6 Å². The maximum atomic E-state index is 11.1. The van der Waals surface area contributed by atoms with E-state index in [9.17, 15) is 8.42 Å². The molecule has 0 amide bonds. The summed E-state index contributed by atoms with van der Waals surface area (Å²) in [5, 5.41) is 0. The van der Waals surface area contributed by atoms with E-state index in [1.165, 1.54) is 25.0 Å². The molecule has 0 bridgehead atoms. The summed E-state index contributed by atoms with van der Waals surface area (Å²) < 4.78 is 31.5. The van der Waals surface area contributed by atoms with Gasteiger partial charge in [0.1, 0.15) is 0 Å². The number of aryl methyl sites for hydroxylation is 1. The van der Waals surface area contributed by atoms with Crippen LogP contribution in [0, 0.1) is 6.92 Å². The highest BCUT2D eigenvalue weighted by molar-refractivity contribution is 7.86. The van der Waals surface area contributed by atoms with E-state index in [1.807, 2.05) is 6.92 Å². The minimum Gasteiger partial charge on any atom is -0.381 e. The third-order valence-electron chi connectivity index (χ3n) is 2.36. The summed E-state index contributed by atoms with van der Waals surface area (Å²) in [6, 6.07) is 6.50. The van der Waals surface area contributed by atoms with Gasteiger partial charge in [0.05, 0.1) is 12.0 Å². The van der Waals surface area contributed by atoms with Crippen molar-refractivity contribution in [2.24, 2.45) is 0 Å². The molecule has 0 spiro atoms. The molecule has 4 nitrogen and oxygen atoms in total. The monoisotopic (exact) mass is 258 g/mol. The van der Waals surface area contributed by atoms with Gasteiger partial charge in [-0.3, -0.25) is 4.18 Å². The van der Waals surface area contributed by atoms with Crippen molar-refractivity contribution in [3.05, 3.63) is 29.8 Å². The Morgan fingerprint density at radius 3 is 2.00 bits per heavy atom. The summed E-state index contributed by atoms with van der Waals surface area (Å²) in [6.45, 7) is 3.89. The van der Waals surface area contributed by atoms with Gasteiger partial charge >= 0.3 is 0 Å². The molecule has 1 aromatic carbocycles. The number of benzene rings is 1. The summed E-state index contributed by atoms with van der Waals surface area (Å²) in [5.74, 6) is 0. The zero-order valence-corrected chi connectivity index (χ0v) is 11.0. The van der Waals surface area contributed by atoms with E-state index >= 15 is 0 Å². The average Bonchev–Trinajstić information content (AvgIpc) is 2.88. The van der Waals surface area contributed by atoms with Crippen LogP contribution in [0.1, 0.15) is 18.4 Å². The fourth-order valence-corrected chi connectivity index (χ4v) is 1.97. The van der Waals surface area contributed by atoms with Crippen LogP contribution in [0.15, 0.2) is 29.2 Å². The Hall–Kier alpha value is -0.910. The molecule has 0 unspecified atom stereocenters. The van der Waals surface area contributed by atoms with Crippen LogP contribution in [-0.2, 0) is 19.0 Å². The van der Waals surface area contributed by atoms with E-state index in [1.54, 1.807) is 12.1 Å². The highest BCUT2D eigenvalue weighted by Crippen LogP contribution is 2.11. The van der Waals surface area contributed by atoms with Crippen LogP contribution >= 0.6 is 0 Å². The van der Waals surface area contributed by atoms with Crippen molar-refractivity contribution in [3.8, 4) is 0 Å². The van der Waals surface area contributed by atoms with E-state index in [0.29, 0.717) is 0 Å². The van der Waals surface area contributed by atoms with Gasteiger partial charge in [-0.05, 0) is 31.9 Å². The molecule has 0 aliphatic carbocycles. The molecule has 0 N–H and O–H groups in total. The Bertz CT molecular complexity index is 411. The average molecular weight is 258 g/mol. The van der Waals surface area contributed by atoms with E-state index in [-0.39, 0.29) is 4.90 Å². The van der Waals surface area contributed by atoms with Crippen LogP contribution in [0.3, 0.4) is 0 Å². The lowest BCUT2D eigenvalue weighted by molar-refractivity contribution is 0.198. The zero-order chi connectivity index (χ0) is 12.7. The van der Waals surface area contributed by atoms with Crippen LogP contribution in [0.25, 0.3) is 0 Å². The fraction of sp³-hybridized carbons (Fsp3) is 0.500. The van der Waals surface area contributed by atoms with Crippen molar-refractivity contribution in [2.75, 3.05) is 20.3 Å². The lowest BCUT2D eigenvalue weighted by Crippen LogP contribution is -2.02. The zero-order valence-electron chi connectivity index (χ0n) is 10.2. The van der Waals surface area contributed by atoms with Crippen LogP contribution in [0.4, 0.5) is 0 Å². The van der Waals surface area contributed by atoms with Gasteiger partial charge in [-0.15, -0.1) is 0 Å². The Labute approximate surface area is 103 Å². The summed E-state index contributed by atoms with van der Waals surface area (Å²) >= 11 is 0. The first-order chi connectivity index (χ1) is 8.06. The first-order valence-corrected chi connectivity index (χ1v) is 6.92. The number of ether oxygens (including phenoxy) is 1. The molecular weight excluding hydrogens is 240 g/mol. The predicted molar refractivity (Wildman–Crippen MR) is 65.4 cm³/mol. The second kappa shape index (κ2) is 6.74. The van der Waals surface area contributed by atoms with Gasteiger partial charge in [0, 0.05) is 13.2 Å². The second-order valence-electron chi connectivity index (χ2n) is 3.75. The number of hydrogen-bond acceptors (Lipinski definition) is 4. The van der Waals surface area contributed by atoms with Crippen LogP contribution in [0.5, 0.6) is 0 Å². The summed E-state index contributed by atoms with van der Waals surface area (Å²) in [6.07, 6.45) is 2.56. The summed E-state index contributed by atoms with van der Waals surface area (Å²) in [5.41, 5.74) is 1.02. The third kappa shape index (κ3) is 4.85. The standard InChI is InChI=1S/C8H10O3S.C4H8O/c1-7-3-5-8(6-4-7)12(9,10)11-2;1-2-4-5-3-1/h3-6H,1-2H3;1-4H2. The molecule has 0 radical (unpaired) electrons. The van der Waals surface area contributed by atoms with E-state index in [2.05, 4.69) is 4.18 Å². The molecule has 1 heterocycles. The molecule has 17 heavy (non-hydrogen) atoms. The van der Waals surface area contributed by atoms with Crippen molar-refractivity contribution in [1.82, 2.24) is 0 Å². The van der Waals surface area contributed by atoms with Gasteiger partial charge < -0.3 is 4.74 Å². The van der Waals surface area contributed by atoms with Crippen LogP contribution < -0.4 is 0 Å². The third-order valence-corrected chi connectivity index (χ3v) is 3.64. The Balaban J connectivity index is 0.000000239. The largest absolute Gasteiger partial charge is 0.381 e. The molecule has 1 aliphatic heterocycles. The van der Waals surface area contributed by atoms with Crippen molar-refractivity contribution in [1.29, 1.82) is 0 Å². The molecule has 1 aromatic rings. The molecular formula is C12H18O4S. The maximum Gasteiger partial charge on any atom is 0.296 e. The molecule has 1 saturated heterocycles. The van der Waals surface area contributed by atoms with Crippen molar-refractivity contribution in [3.63, 3.8) is 0 Å². The second-order valence-corrected chi connectivity index (χ2v) is 5.47. The number of rotatable bonds is 2.